The van der Waals surface area contributed by atoms with E-state index in [-0.39, 0.29) is 18.1 Å². The third-order valence-corrected chi connectivity index (χ3v) is 4.74. The van der Waals surface area contributed by atoms with Crippen LogP contribution in [0.1, 0.15) is 31.0 Å². The predicted molar refractivity (Wildman–Crippen MR) is 82.4 cm³/mol. The minimum absolute atomic E-state index is 0.0165. The summed E-state index contributed by atoms with van der Waals surface area (Å²) in [4.78, 5) is 0. The standard InChI is InChI=1S/C15H25NO3S/c1-12(2)10-13-4-6-14(7-5-13)15(16)11-20(17,18)9-8-19-3/h4-7,12,15H,8-11,16H2,1-3H3. The van der Waals surface area contributed by atoms with E-state index in [0.29, 0.717) is 5.92 Å². The highest BCUT2D eigenvalue weighted by atomic mass is 32.2. The number of methoxy groups -OCH3 is 1. The van der Waals surface area contributed by atoms with E-state index >= 15 is 0 Å². The van der Waals surface area contributed by atoms with Gasteiger partial charge in [0.2, 0.25) is 0 Å². The lowest BCUT2D eigenvalue weighted by atomic mass is 10.0. The molecule has 0 saturated carbocycles. The molecule has 0 aliphatic carbocycles. The van der Waals surface area contributed by atoms with Gasteiger partial charge in [-0.05, 0) is 23.5 Å². The fourth-order valence-electron chi connectivity index (χ4n) is 2.04. The molecule has 0 bridgehead atoms. The third kappa shape index (κ3) is 6.03. The molecule has 0 aromatic heterocycles. The molecule has 0 radical (unpaired) electrons. The van der Waals surface area contributed by atoms with Gasteiger partial charge in [0.1, 0.15) is 0 Å². The highest BCUT2D eigenvalue weighted by Gasteiger charge is 2.17. The Hall–Kier alpha value is -0.910. The quantitative estimate of drug-likeness (QED) is 0.796. The minimum atomic E-state index is -3.17. The highest BCUT2D eigenvalue weighted by molar-refractivity contribution is 7.91. The maximum atomic E-state index is 11.8. The Morgan fingerprint density at radius 1 is 1.20 bits per heavy atom. The minimum Gasteiger partial charge on any atom is -0.384 e. The van der Waals surface area contributed by atoms with Crippen LogP contribution in [-0.4, -0.2) is 33.6 Å². The molecule has 1 aromatic rings. The van der Waals surface area contributed by atoms with Crippen LogP contribution in [0, 0.1) is 5.92 Å². The van der Waals surface area contributed by atoms with Gasteiger partial charge in [-0.1, -0.05) is 38.1 Å². The summed E-state index contributed by atoms with van der Waals surface area (Å²) in [5.41, 5.74) is 8.09. The van der Waals surface area contributed by atoms with Crippen molar-refractivity contribution in [1.29, 1.82) is 0 Å². The third-order valence-electron chi connectivity index (χ3n) is 3.08. The van der Waals surface area contributed by atoms with Crippen molar-refractivity contribution < 1.29 is 13.2 Å². The SMILES string of the molecule is COCCS(=O)(=O)CC(N)c1ccc(CC(C)C)cc1. The Morgan fingerprint density at radius 2 is 1.80 bits per heavy atom. The molecule has 0 spiro atoms. The van der Waals surface area contributed by atoms with Crippen molar-refractivity contribution in [1.82, 2.24) is 0 Å². The van der Waals surface area contributed by atoms with Crippen molar-refractivity contribution in [3.8, 4) is 0 Å². The van der Waals surface area contributed by atoms with Gasteiger partial charge in [-0.25, -0.2) is 8.42 Å². The summed E-state index contributed by atoms with van der Waals surface area (Å²) in [6, 6.07) is 7.42. The maximum absolute atomic E-state index is 11.8. The number of hydrogen-bond donors (Lipinski definition) is 1. The Morgan fingerprint density at radius 3 is 2.30 bits per heavy atom. The molecule has 1 aromatic carbocycles. The first kappa shape index (κ1) is 17.1. The van der Waals surface area contributed by atoms with Gasteiger partial charge in [0.25, 0.3) is 0 Å². The van der Waals surface area contributed by atoms with Gasteiger partial charge in [0.15, 0.2) is 9.84 Å². The van der Waals surface area contributed by atoms with Crippen molar-refractivity contribution in [2.45, 2.75) is 26.3 Å². The normalized spacial score (nSPS) is 13.7. The maximum Gasteiger partial charge on any atom is 0.154 e. The Bertz CT molecular complexity index is 494. The lowest BCUT2D eigenvalue weighted by Gasteiger charge is -2.13. The second kappa shape index (κ2) is 7.76. The first-order valence-electron chi connectivity index (χ1n) is 6.88. The number of rotatable bonds is 8. The molecule has 114 valence electrons. The van der Waals surface area contributed by atoms with Gasteiger partial charge in [0, 0.05) is 13.2 Å². The van der Waals surface area contributed by atoms with Crippen LogP contribution < -0.4 is 5.73 Å². The van der Waals surface area contributed by atoms with Gasteiger partial charge in [0.05, 0.1) is 18.1 Å². The monoisotopic (exact) mass is 299 g/mol. The zero-order chi connectivity index (χ0) is 15.2. The topological polar surface area (TPSA) is 69.4 Å². The summed E-state index contributed by atoms with van der Waals surface area (Å²) < 4.78 is 28.4. The van der Waals surface area contributed by atoms with Gasteiger partial charge >= 0.3 is 0 Å². The second-order valence-electron chi connectivity index (χ2n) is 5.55. The summed E-state index contributed by atoms with van der Waals surface area (Å²) in [6.07, 6.45) is 1.02. The molecule has 0 fully saturated rings. The zero-order valence-electron chi connectivity index (χ0n) is 12.5. The van der Waals surface area contributed by atoms with Crippen molar-refractivity contribution in [2.24, 2.45) is 11.7 Å². The second-order valence-corrected chi connectivity index (χ2v) is 7.78. The van der Waals surface area contributed by atoms with E-state index in [1.165, 1.54) is 12.7 Å². The molecule has 4 nitrogen and oxygen atoms in total. The van der Waals surface area contributed by atoms with Crippen LogP contribution in [0.25, 0.3) is 0 Å². The first-order chi connectivity index (χ1) is 9.34. The van der Waals surface area contributed by atoms with Crippen LogP contribution in [-0.2, 0) is 21.0 Å². The van der Waals surface area contributed by atoms with E-state index in [1.54, 1.807) is 0 Å². The molecule has 2 N–H and O–H groups in total. The van der Waals surface area contributed by atoms with Crippen LogP contribution in [0.2, 0.25) is 0 Å². The van der Waals surface area contributed by atoms with Gasteiger partial charge < -0.3 is 10.5 Å². The molecule has 1 atom stereocenters. The largest absolute Gasteiger partial charge is 0.384 e. The van der Waals surface area contributed by atoms with Crippen LogP contribution in [0.15, 0.2) is 24.3 Å². The van der Waals surface area contributed by atoms with E-state index in [2.05, 4.69) is 13.8 Å². The molecule has 1 unspecified atom stereocenters. The van der Waals surface area contributed by atoms with E-state index in [9.17, 15) is 8.42 Å². The molecule has 0 saturated heterocycles. The van der Waals surface area contributed by atoms with Crippen LogP contribution in [0.3, 0.4) is 0 Å². The smallest absolute Gasteiger partial charge is 0.154 e. The summed E-state index contributed by atoms with van der Waals surface area (Å²) in [5.74, 6) is 0.576. The lowest BCUT2D eigenvalue weighted by Crippen LogP contribution is -2.25. The Balaban J connectivity index is 2.65. The Labute approximate surface area is 122 Å². The first-order valence-corrected chi connectivity index (χ1v) is 8.70. The summed E-state index contributed by atoms with van der Waals surface area (Å²) in [5, 5.41) is 0. The average Bonchev–Trinajstić information content (AvgIpc) is 2.36. The molecular formula is C15H25NO3S. The van der Waals surface area contributed by atoms with E-state index < -0.39 is 15.9 Å². The zero-order valence-corrected chi connectivity index (χ0v) is 13.3. The lowest BCUT2D eigenvalue weighted by molar-refractivity contribution is 0.217. The molecule has 1 rings (SSSR count). The van der Waals surface area contributed by atoms with Gasteiger partial charge in [-0.15, -0.1) is 0 Å². The van der Waals surface area contributed by atoms with Crippen LogP contribution >= 0.6 is 0 Å². The Kier molecular flexibility index (Phi) is 6.65. The number of sulfone groups is 1. The summed E-state index contributed by atoms with van der Waals surface area (Å²) in [6.45, 7) is 4.55. The molecule has 5 heteroatoms. The molecule has 0 aliphatic rings. The van der Waals surface area contributed by atoms with Gasteiger partial charge in [-0.3, -0.25) is 0 Å². The number of benzene rings is 1. The van der Waals surface area contributed by atoms with Crippen molar-refractivity contribution >= 4 is 9.84 Å². The summed E-state index contributed by atoms with van der Waals surface area (Å²) >= 11 is 0. The number of ether oxygens (including phenoxy) is 1. The van der Waals surface area contributed by atoms with Gasteiger partial charge in [-0.2, -0.15) is 0 Å². The number of hydrogen-bond acceptors (Lipinski definition) is 4. The van der Waals surface area contributed by atoms with Crippen LogP contribution in [0.4, 0.5) is 0 Å². The van der Waals surface area contributed by atoms with Crippen molar-refractivity contribution in [3.63, 3.8) is 0 Å². The van der Waals surface area contributed by atoms with E-state index in [4.69, 9.17) is 10.5 Å². The number of nitrogens with two attached hydrogens (primary N) is 1. The van der Waals surface area contributed by atoms with E-state index in [1.807, 2.05) is 24.3 Å². The van der Waals surface area contributed by atoms with Crippen LogP contribution in [0.5, 0.6) is 0 Å². The van der Waals surface area contributed by atoms with Crippen molar-refractivity contribution in [2.75, 3.05) is 25.2 Å². The molecule has 0 aliphatic heterocycles. The predicted octanol–water partition coefficient (Wildman–Crippen LogP) is 1.95. The van der Waals surface area contributed by atoms with E-state index in [0.717, 1.165) is 12.0 Å². The van der Waals surface area contributed by atoms with Crippen molar-refractivity contribution in [3.05, 3.63) is 35.4 Å². The fraction of sp³-hybridized carbons (Fsp3) is 0.600. The molecule has 20 heavy (non-hydrogen) atoms. The highest BCUT2D eigenvalue weighted by Crippen LogP contribution is 2.16. The molecular weight excluding hydrogens is 274 g/mol. The molecule has 0 amide bonds. The fourth-order valence-corrected chi connectivity index (χ4v) is 3.36. The molecule has 0 heterocycles. The average molecular weight is 299 g/mol. The summed E-state index contributed by atoms with van der Waals surface area (Å²) in [7, 11) is -1.68.